The van der Waals surface area contributed by atoms with Gasteiger partial charge in [-0.1, -0.05) is 6.92 Å². The topological polar surface area (TPSA) is 15.3 Å². The molecule has 1 saturated carbocycles. The molecule has 0 bridgehead atoms. The van der Waals surface area contributed by atoms with Crippen LogP contribution in [-0.2, 0) is 0 Å². The summed E-state index contributed by atoms with van der Waals surface area (Å²) in [5.74, 6) is 0. The summed E-state index contributed by atoms with van der Waals surface area (Å²) in [7, 11) is 2.26. The van der Waals surface area contributed by atoms with Crippen LogP contribution in [0.4, 0.5) is 0 Å². The van der Waals surface area contributed by atoms with Gasteiger partial charge in [0, 0.05) is 24.7 Å². The minimum absolute atomic E-state index is 0.507. The van der Waals surface area contributed by atoms with Crippen LogP contribution in [0.5, 0.6) is 0 Å². The van der Waals surface area contributed by atoms with Crippen LogP contribution in [0.1, 0.15) is 26.2 Å². The number of rotatable bonds is 1. The van der Waals surface area contributed by atoms with Crippen molar-refractivity contribution >= 4 is 0 Å². The molecule has 2 unspecified atom stereocenters. The number of fused-ring (bicyclic) bond motifs is 1. The highest BCUT2D eigenvalue weighted by atomic mass is 15.3. The van der Waals surface area contributed by atoms with Crippen LogP contribution in [-0.4, -0.2) is 36.6 Å². The van der Waals surface area contributed by atoms with Gasteiger partial charge in [0.25, 0.3) is 0 Å². The van der Waals surface area contributed by atoms with Crippen LogP contribution < -0.4 is 5.32 Å². The van der Waals surface area contributed by atoms with E-state index < -0.39 is 0 Å². The molecule has 0 radical (unpaired) electrons. The minimum atomic E-state index is 0.507. The fourth-order valence-corrected chi connectivity index (χ4v) is 2.64. The predicted molar refractivity (Wildman–Crippen MR) is 46.7 cm³/mol. The van der Waals surface area contributed by atoms with Gasteiger partial charge in [-0.05, 0) is 26.3 Å². The maximum absolute atomic E-state index is 3.67. The van der Waals surface area contributed by atoms with Gasteiger partial charge >= 0.3 is 0 Å². The molecule has 2 rings (SSSR count). The summed E-state index contributed by atoms with van der Waals surface area (Å²) in [4.78, 5) is 2.52. The first-order valence-corrected chi connectivity index (χ1v) is 4.74. The van der Waals surface area contributed by atoms with Crippen molar-refractivity contribution in [2.75, 3.05) is 20.1 Å². The molecule has 0 aromatic heterocycles. The molecular weight excluding hydrogens is 136 g/mol. The molecule has 2 atom stereocenters. The first kappa shape index (κ1) is 7.56. The fourth-order valence-electron chi connectivity index (χ4n) is 2.64. The normalized spacial score (nSPS) is 44.7. The molecular formula is C9H18N2. The van der Waals surface area contributed by atoms with Gasteiger partial charge in [-0.25, -0.2) is 0 Å². The Balaban J connectivity index is 2.09. The van der Waals surface area contributed by atoms with Crippen molar-refractivity contribution in [3.8, 4) is 0 Å². The number of piperazine rings is 1. The second-order valence-electron chi connectivity index (χ2n) is 3.97. The summed E-state index contributed by atoms with van der Waals surface area (Å²) in [5, 5.41) is 3.67. The van der Waals surface area contributed by atoms with Gasteiger partial charge < -0.3 is 10.2 Å². The smallest absolute Gasteiger partial charge is 0.0335 e. The van der Waals surface area contributed by atoms with E-state index in [9.17, 15) is 0 Å². The molecule has 1 aliphatic carbocycles. The Kier molecular flexibility index (Phi) is 1.69. The van der Waals surface area contributed by atoms with Crippen molar-refractivity contribution in [2.24, 2.45) is 0 Å². The van der Waals surface area contributed by atoms with Crippen LogP contribution in [0.25, 0.3) is 0 Å². The zero-order valence-corrected chi connectivity index (χ0v) is 7.56. The highest BCUT2D eigenvalue weighted by Gasteiger charge is 2.48. The van der Waals surface area contributed by atoms with Crippen molar-refractivity contribution in [1.29, 1.82) is 0 Å². The van der Waals surface area contributed by atoms with E-state index in [2.05, 4.69) is 24.2 Å². The van der Waals surface area contributed by atoms with Gasteiger partial charge in [0.1, 0.15) is 0 Å². The van der Waals surface area contributed by atoms with E-state index in [4.69, 9.17) is 0 Å². The summed E-state index contributed by atoms with van der Waals surface area (Å²) in [5.41, 5.74) is 0.507. The minimum Gasteiger partial charge on any atom is -0.308 e. The van der Waals surface area contributed by atoms with Crippen molar-refractivity contribution in [2.45, 2.75) is 37.8 Å². The maximum atomic E-state index is 3.67. The predicted octanol–water partition coefficient (Wildman–Crippen LogP) is 0.833. The van der Waals surface area contributed by atoms with Gasteiger partial charge in [0.15, 0.2) is 0 Å². The number of nitrogens with zero attached hydrogens (tertiary/aromatic N) is 1. The van der Waals surface area contributed by atoms with E-state index in [0.717, 1.165) is 6.04 Å². The summed E-state index contributed by atoms with van der Waals surface area (Å²) < 4.78 is 0. The second kappa shape index (κ2) is 2.46. The molecule has 64 valence electrons. The molecule has 1 aliphatic heterocycles. The van der Waals surface area contributed by atoms with Crippen LogP contribution in [0.2, 0.25) is 0 Å². The van der Waals surface area contributed by atoms with E-state index in [-0.39, 0.29) is 0 Å². The Morgan fingerprint density at radius 1 is 1.64 bits per heavy atom. The summed E-state index contributed by atoms with van der Waals surface area (Å²) in [6.07, 6.45) is 4.08. The molecule has 11 heavy (non-hydrogen) atoms. The number of nitrogens with one attached hydrogen (secondary N) is 1. The average molecular weight is 154 g/mol. The van der Waals surface area contributed by atoms with Gasteiger partial charge in [-0.15, -0.1) is 0 Å². The molecule has 0 aromatic carbocycles. The summed E-state index contributed by atoms with van der Waals surface area (Å²) in [6, 6.07) is 0.834. The summed E-state index contributed by atoms with van der Waals surface area (Å²) in [6.45, 7) is 4.71. The highest BCUT2D eigenvalue weighted by molar-refractivity contribution is 5.09. The van der Waals surface area contributed by atoms with Gasteiger partial charge in [0.2, 0.25) is 0 Å². The molecule has 0 spiro atoms. The van der Waals surface area contributed by atoms with Gasteiger partial charge in [0.05, 0.1) is 0 Å². The van der Waals surface area contributed by atoms with Crippen molar-refractivity contribution in [1.82, 2.24) is 10.2 Å². The van der Waals surface area contributed by atoms with Gasteiger partial charge in [-0.3, -0.25) is 0 Å². The third kappa shape index (κ3) is 0.926. The van der Waals surface area contributed by atoms with E-state index in [1.807, 2.05) is 0 Å². The third-order valence-corrected chi connectivity index (χ3v) is 3.61. The largest absolute Gasteiger partial charge is 0.308 e. The van der Waals surface area contributed by atoms with Gasteiger partial charge in [-0.2, -0.15) is 0 Å². The van der Waals surface area contributed by atoms with Crippen molar-refractivity contribution in [3.63, 3.8) is 0 Å². The first-order valence-electron chi connectivity index (χ1n) is 4.74. The third-order valence-electron chi connectivity index (χ3n) is 3.61. The second-order valence-corrected chi connectivity index (χ2v) is 3.97. The van der Waals surface area contributed by atoms with E-state index in [1.165, 1.54) is 32.4 Å². The van der Waals surface area contributed by atoms with E-state index in [1.54, 1.807) is 0 Å². The number of likely N-dealkylation sites (N-methyl/N-ethyl adjacent to an activating group) is 1. The monoisotopic (exact) mass is 154 g/mol. The molecule has 2 aliphatic rings. The zero-order chi connectivity index (χ0) is 7.90. The number of hydrogen-bond acceptors (Lipinski definition) is 2. The van der Waals surface area contributed by atoms with Crippen LogP contribution in [0.3, 0.4) is 0 Å². The molecule has 2 fully saturated rings. The lowest BCUT2D eigenvalue weighted by Gasteiger charge is -2.57. The van der Waals surface area contributed by atoms with Crippen LogP contribution >= 0.6 is 0 Å². The van der Waals surface area contributed by atoms with E-state index >= 15 is 0 Å². The number of hydrogen-bond donors (Lipinski definition) is 1. The molecule has 1 saturated heterocycles. The Morgan fingerprint density at radius 3 is 2.91 bits per heavy atom. The Bertz CT molecular complexity index is 154. The lowest BCUT2D eigenvalue weighted by atomic mass is 9.68. The molecule has 2 nitrogen and oxygen atoms in total. The summed E-state index contributed by atoms with van der Waals surface area (Å²) >= 11 is 0. The molecule has 0 aromatic rings. The van der Waals surface area contributed by atoms with Crippen molar-refractivity contribution < 1.29 is 0 Å². The molecule has 1 N–H and O–H groups in total. The molecule has 1 heterocycles. The van der Waals surface area contributed by atoms with Crippen molar-refractivity contribution in [3.05, 3.63) is 0 Å². The Hall–Kier alpha value is -0.0800. The fraction of sp³-hybridized carbons (Fsp3) is 1.00. The van der Waals surface area contributed by atoms with Crippen LogP contribution in [0, 0.1) is 0 Å². The van der Waals surface area contributed by atoms with Crippen LogP contribution in [0.15, 0.2) is 0 Å². The molecule has 0 amide bonds. The average Bonchev–Trinajstić information content (AvgIpc) is 1.94. The highest BCUT2D eigenvalue weighted by Crippen LogP contribution is 2.39. The lowest BCUT2D eigenvalue weighted by molar-refractivity contribution is -0.00742. The lowest BCUT2D eigenvalue weighted by Crippen LogP contribution is -2.71. The molecule has 2 heteroatoms. The SMILES string of the molecule is CCC12CCC1N(C)CCN2. The van der Waals surface area contributed by atoms with E-state index in [0.29, 0.717) is 5.54 Å². The maximum Gasteiger partial charge on any atom is 0.0335 e. The standard InChI is InChI=1S/C9H18N2/c1-3-9-5-4-8(9)11(2)7-6-10-9/h8,10H,3-7H2,1-2H3. The zero-order valence-electron chi connectivity index (χ0n) is 7.56. The Morgan fingerprint density at radius 2 is 2.45 bits per heavy atom. The Labute approximate surface area is 69.0 Å². The first-order chi connectivity index (χ1) is 5.28. The quantitative estimate of drug-likeness (QED) is 0.602.